The maximum Gasteiger partial charge on any atom is 0.244 e. The van der Waals surface area contributed by atoms with Gasteiger partial charge >= 0.3 is 0 Å². The molecule has 2 aromatic heterocycles. The molecule has 6 rings (SSSR count). The predicted octanol–water partition coefficient (Wildman–Crippen LogP) is 2.90. The molecule has 3 aromatic rings. The average Bonchev–Trinajstić information content (AvgIpc) is 3.40. The molecule has 184 valence electrons. The molecule has 10 heteroatoms. The Balaban J connectivity index is 1.27. The van der Waals surface area contributed by atoms with E-state index in [2.05, 4.69) is 38.9 Å². The topological polar surface area (TPSA) is 95.1 Å². The van der Waals surface area contributed by atoms with E-state index in [1.54, 1.807) is 18.5 Å². The van der Waals surface area contributed by atoms with Crippen LogP contribution < -0.4 is 5.32 Å². The average molecular weight is 497 g/mol. The third-order valence-corrected chi connectivity index (χ3v) is 7.30. The first-order valence-electron chi connectivity index (χ1n) is 12.0. The molecule has 0 aliphatic carbocycles. The van der Waals surface area contributed by atoms with Crippen LogP contribution in [0.15, 0.2) is 35.6 Å². The number of benzene rings is 1. The molecule has 0 radical (unpaired) electrons. The number of nitrogens with one attached hydrogen (secondary N) is 2. The van der Waals surface area contributed by atoms with Gasteiger partial charge in [-0.05, 0) is 32.0 Å². The number of amides is 1. The second-order valence-electron chi connectivity index (χ2n) is 10.1. The van der Waals surface area contributed by atoms with Crippen LogP contribution in [-0.4, -0.2) is 95.2 Å². The number of anilines is 1. The van der Waals surface area contributed by atoms with Gasteiger partial charge in [-0.15, -0.1) is 0 Å². The number of pyridine rings is 1. The summed E-state index contributed by atoms with van der Waals surface area (Å²) in [5.74, 6) is 0.903. The fourth-order valence-electron chi connectivity index (χ4n) is 5.36. The Hall–Kier alpha value is -2.72. The fraction of sp³-hybridized carbons (Fsp3) is 0.480. The van der Waals surface area contributed by atoms with E-state index in [-0.39, 0.29) is 11.5 Å². The summed E-state index contributed by atoms with van der Waals surface area (Å²) in [5.41, 5.74) is 2.01. The largest absolute Gasteiger partial charge is 0.377 e. The number of rotatable bonds is 4. The first-order chi connectivity index (χ1) is 16.9. The number of hydrogen-bond acceptors (Lipinski definition) is 7. The maximum atomic E-state index is 13.6. The highest BCUT2D eigenvalue weighted by molar-refractivity contribution is 6.33. The molecule has 2 fully saturated rings. The van der Waals surface area contributed by atoms with E-state index in [1.807, 2.05) is 12.1 Å². The number of ether oxygens (including phenoxy) is 2. The number of carbonyl (C=O) groups excluding carboxylic acids is 1. The van der Waals surface area contributed by atoms with Crippen molar-refractivity contribution < 1.29 is 14.3 Å². The molecule has 1 unspecified atom stereocenters. The van der Waals surface area contributed by atoms with Crippen LogP contribution in [0.2, 0.25) is 5.02 Å². The molecule has 0 saturated carbocycles. The van der Waals surface area contributed by atoms with Gasteiger partial charge in [0.1, 0.15) is 11.9 Å². The molecule has 2 saturated heterocycles. The third kappa shape index (κ3) is 4.27. The zero-order chi connectivity index (χ0) is 24.2. The van der Waals surface area contributed by atoms with Crippen molar-refractivity contribution in [3.05, 3.63) is 35.6 Å². The van der Waals surface area contributed by atoms with E-state index in [9.17, 15) is 4.79 Å². The van der Waals surface area contributed by atoms with Crippen LogP contribution in [0.5, 0.6) is 0 Å². The number of hydrogen-bond donors (Lipinski definition) is 2. The van der Waals surface area contributed by atoms with Gasteiger partial charge in [-0.1, -0.05) is 11.6 Å². The number of nitrogens with zero attached hydrogens (tertiary/aromatic N) is 4. The monoisotopic (exact) mass is 496 g/mol. The molecule has 2 N–H and O–H groups in total. The summed E-state index contributed by atoms with van der Waals surface area (Å²) in [6.07, 6.45) is 3.52. The van der Waals surface area contributed by atoms with Crippen molar-refractivity contribution >= 4 is 50.8 Å². The van der Waals surface area contributed by atoms with Crippen LogP contribution in [0.3, 0.4) is 0 Å². The molecule has 5 heterocycles. The van der Waals surface area contributed by atoms with E-state index in [1.165, 1.54) is 0 Å². The van der Waals surface area contributed by atoms with Crippen molar-refractivity contribution in [2.24, 2.45) is 4.99 Å². The van der Waals surface area contributed by atoms with Crippen molar-refractivity contribution in [2.45, 2.75) is 31.5 Å². The number of aromatic amines is 1. The summed E-state index contributed by atoms with van der Waals surface area (Å²) in [5, 5.41) is 5.64. The number of fused-ring (bicyclic) bond motifs is 4. The van der Waals surface area contributed by atoms with Crippen LogP contribution in [-0.2, 0) is 14.3 Å². The van der Waals surface area contributed by atoms with Gasteiger partial charge in [-0.2, -0.15) is 0 Å². The number of aliphatic imine (C=N–C) groups is 1. The van der Waals surface area contributed by atoms with E-state index in [4.69, 9.17) is 26.1 Å². The molecule has 1 amide bonds. The summed E-state index contributed by atoms with van der Waals surface area (Å²) in [4.78, 5) is 30.5. The molecule has 3 aliphatic rings. The molecule has 2 atom stereocenters. The van der Waals surface area contributed by atoms with E-state index in [0.717, 1.165) is 40.7 Å². The molecular weight excluding hydrogens is 468 g/mol. The van der Waals surface area contributed by atoms with Gasteiger partial charge < -0.3 is 24.7 Å². The summed E-state index contributed by atoms with van der Waals surface area (Å²) in [7, 11) is 0. The van der Waals surface area contributed by atoms with Crippen molar-refractivity contribution in [2.75, 3.05) is 51.3 Å². The number of carbonyl (C=O) groups is 1. The van der Waals surface area contributed by atoms with Crippen molar-refractivity contribution in [1.82, 2.24) is 19.8 Å². The van der Waals surface area contributed by atoms with Gasteiger partial charge in [0, 0.05) is 35.1 Å². The first kappa shape index (κ1) is 22.7. The summed E-state index contributed by atoms with van der Waals surface area (Å²) >= 11 is 6.45. The van der Waals surface area contributed by atoms with E-state index in [0.29, 0.717) is 49.7 Å². The highest BCUT2D eigenvalue weighted by Gasteiger charge is 2.40. The Kier molecular flexibility index (Phi) is 5.68. The van der Waals surface area contributed by atoms with Gasteiger partial charge in [-0.25, -0.2) is 0 Å². The second kappa shape index (κ2) is 8.74. The number of H-pyrrole nitrogens is 1. The SMILES string of the molecule is CC1(C)CN(CC2=NCC3COCCN23)[C@H](C(=O)Nc2cc(Cl)cc3c2[nH]c2cnccc23)CO1. The summed E-state index contributed by atoms with van der Waals surface area (Å²) in [6, 6.07) is 5.47. The quantitative estimate of drug-likeness (QED) is 0.576. The van der Waals surface area contributed by atoms with Gasteiger partial charge in [0.25, 0.3) is 0 Å². The Morgan fingerprint density at radius 3 is 3.09 bits per heavy atom. The number of morpholine rings is 2. The lowest BCUT2D eigenvalue weighted by molar-refractivity contribution is -0.141. The number of halogens is 1. The minimum atomic E-state index is -0.453. The van der Waals surface area contributed by atoms with Crippen LogP contribution in [0.4, 0.5) is 5.69 Å². The number of amidine groups is 1. The smallest absolute Gasteiger partial charge is 0.244 e. The standard InChI is InChI=1S/C25H29ClN6O3/c1-25(2)14-31(11-22-28-9-16-12-34-6-5-32(16)22)21(13-35-25)24(33)30-19-8-15(26)7-18-17-3-4-27-10-20(17)29-23(18)19/h3-4,7-8,10,16,21,29H,5-6,9,11-14H2,1-2H3,(H,30,33)/t16?,21-/m0/s1. The molecule has 1 aromatic carbocycles. The van der Waals surface area contributed by atoms with Crippen LogP contribution in [0, 0.1) is 0 Å². The van der Waals surface area contributed by atoms with Crippen molar-refractivity contribution in [1.29, 1.82) is 0 Å². The molecule has 3 aliphatic heterocycles. The lowest BCUT2D eigenvalue weighted by Gasteiger charge is -2.44. The van der Waals surface area contributed by atoms with Crippen molar-refractivity contribution in [3.8, 4) is 0 Å². The molecule has 0 bridgehead atoms. The minimum Gasteiger partial charge on any atom is -0.377 e. The highest BCUT2D eigenvalue weighted by Crippen LogP contribution is 2.33. The Labute approximate surface area is 208 Å². The van der Waals surface area contributed by atoms with Crippen molar-refractivity contribution in [3.63, 3.8) is 0 Å². The van der Waals surface area contributed by atoms with Gasteiger partial charge in [0.15, 0.2) is 0 Å². The predicted molar refractivity (Wildman–Crippen MR) is 136 cm³/mol. The van der Waals surface area contributed by atoms with E-state index < -0.39 is 6.04 Å². The Morgan fingerprint density at radius 2 is 2.20 bits per heavy atom. The van der Waals surface area contributed by atoms with E-state index >= 15 is 0 Å². The lowest BCUT2D eigenvalue weighted by atomic mass is 10.0. The molecular formula is C25H29ClN6O3. The Bertz CT molecular complexity index is 1320. The van der Waals surface area contributed by atoms with Gasteiger partial charge in [0.05, 0.1) is 67.5 Å². The zero-order valence-corrected chi connectivity index (χ0v) is 20.6. The van der Waals surface area contributed by atoms with Gasteiger partial charge in [0.2, 0.25) is 5.91 Å². The fourth-order valence-corrected chi connectivity index (χ4v) is 5.58. The summed E-state index contributed by atoms with van der Waals surface area (Å²) in [6.45, 7) is 8.64. The molecule has 35 heavy (non-hydrogen) atoms. The van der Waals surface area contributed by atoms with Gasteiger partial charge in [-0.3, -0.25) is 19.7 Å². The minimum absolute atomic E-state index is 0.127. The number of aromatic nitrogens is 2. The van der Waals surface area contributed by atoms with Crippen LogP contribution in [0.1, 0.15) is 13.8 Å². The van der Waals surface area contributed by atoms with Crippen LogP contribution in [0.25, 0.3) is 21.8 Å². The third-order valence-electron chi connectivity index (χ3n) is 7.08. The lowest BCUT2D eigenvalue weighted by Crippen LogP contribution is -2.60. The zero-order valence-electron chi connectivity index (χ0n) is 19.9. The molecule has 0 spiro atoms. The van der Waals surface area contributed by atoms with Crippen LogP contribution >= 0.6 is 11.6 Å². The summed E-state index contributed by atoms with van der Waals surface area (Å²) < 4.78 is 11.7. The first-order valence-corrected chi connectivity index (χ1v) is 12.4. The normalized spacial score (nSPS) is 24.5. The maximum absolute atomic E-state index is 13.6. The second-order valence-corrected chi connectivity index (χ2v) is 10.5. The Morgan fingerprint density at radius 1 is 1.31 bits per heavy atom. The molecule has 9 nitrogen and oxygen atoms in total. The highest BCUT2D eigenvalue weighted by atomic mass is 35.5.